The fraction of sp³-hybridized carbons (Fsp3) is 0.444. The maximum atomic E-state index is 12.2. The van der Waals surface area contributed by atoms with Crippen LogP contribution in [-0.2, 0) is 16.1 Å². The van der Waals surface area contributed by atoms with Gasteiger partial charge in [0.2, 0.25) is 17.7 Å². The SMILES string of the molecule is COc1ccc(NC(=O)CN2CCN(Cc3cnc(NC(C)=O)s3)CC2)cn1. The Labute approximate surface area is 167 Å². The number of carbonyl (C=O) groups excluding carboxylic acids is 2. The normalized spacial score (nSPS) is 15.2. The first-order valence-electron chi connectivity index (χ1n) is 8.98. The van der Waals surface area contributed by atoms with Crippen LogP contribution in [0.15, 0.2) is 24.5 Å². The maximum Gasteiger partial charge on any atom is 0.238 e. The highest BCUT2D eigenvalue weighted by molar-refractivity contribution is 7.15. The van der Waals surface area contributed by atoms with E-state index >= 15 is 0 Å². The molecule has 10 heteroatoms. The number of ether oxygens (including phenoxy) is 1. The fourth-order valence-corrected chi connectivity index (χ4v) is 3.79. The Morgan fingerprint density at radius 3 is 2.50 bits per heavy atom. The van der Waals surface area contributed by atoms with E-state index in [2.05, 4.69) is 30.4 Å². The topological polar surface area (TPSA) is 99.7 Å². The van der Waals surface area contributed by atoms with Crippen molar-refractivity contribution < 1.29 is 14.3 Å². The van der Waals surface area contributed by atoms with E-state index in [9.17, 15) is 9.59 Å². The number of rotatable bonds is 7. The number of nitrogens with zero attached hydrogens (tertiary/aromatic N) is 4. The molecule has 0 radical (unpaired) electrons. The number of hydrogen-bond donors (Lipinski definition) is 2. The van der Waals surface area contributed by atoms with Gasteiger partial charge in [0.25, 0.3) is 0 Å². The first kappa shape index (κ1) is 20.2. The molecule has 2 N–H and O–H groups in total. The number of aromatic nitrogens is 2. The lowest BCUT2D eigenvalue weighted by molar-refractivity contribution is -0.117. The minimum absolute atomic E-state index is 0.0529. The zero-order valence-corrected chi connectivity index (χ0v) is 16.8. The summed E-state index contributed by atoms with van der Waals surface area (Å²) in [6, 6.07) is 3.48. The molecule has 0 aliphatic carbocycles. The molecule has 3 heterocycles. The van der Waals surface area contributed by atoms with Gasteiger partial charge in [-0.05, 0) is 6.07 Å². The number of carbonyl (C=O) groups is 2. The van der Waals surface area contributed by atoms with Crippen molar-refractivity contribution in [3.63, 3.8) is 0 Å². The third-order valence-electron chi connectivity index (χ3n) is 4.28. The molecule has 1 fully saturated rings. The molecule has 0 bridgehead atoms. The first-order valence-corrected chi connectivity index (χ1v) is 9.80. The van der Waals surface area contributed by atoms with Crippen LogP contribution in [0.3, 0.4) is 0 Å². The summed E-state index contributed by atoms with van der Waals surface area (Å²) in [5.41, 5.74) is 0.657. The Bertz CT molecular complexity index is 802. The highest BCUT2D eigenvalue weighted by Crippen LogP contribution is 2.20. The predicted molar refractivity (Wildman–Crippen MR) is 108 cm³/mol. The van der Waals surface area contributed by atoms with E-state index in [1.54, 1.807) is 31.6 Å². The van der Waals surface area contributed by atoms with Gasteiger partial charge in [-0.15, -0.1) is 11.3 Å². The first-order chi connectivity index (χ1) is 13.5. The van der Waals surface area contributed by atoms with Crippen molar-refractivity contribution in [1.29, 1.82) is 0 Å². The van der Waals surface area contributed by atoms with Gasteiger partial charge in [-0.1, -0.05) is 0 Å². The Kier molecular flexibility index (Phi) is 6.90. The fourth-order valence-electron chi connectivity index (χ4n) is 2.89. The number of thiazole rings is 1. The summed E-state index contributed by atoms with van der Waals surface area (Å²) in [5.74, 6) is 0.347. The summed E-state index contributed by atoms with van der Waals surface area (Å²) < 4.78 is 5.01. The van der Waals surface area contributed by atoms with Crippen molar-refractivity contribution in [2.75, 3.05) is 50.5 Å². The van der Waals surface area contributed by atoms with Gasteiger partial charge in [-0.25, -0.2) is 9.97 Å². The van der Waals surface area contributed by atoms with Crippen molar-refractivity contribution in [2.45, 2.75) is 13.5 Å². The molecule has 2 aromatic heterocycles. The molecule has 0 aromatic carbocycles. The number of amides is 2. The van der Waals surface area contributed by atoms with Crippen LogP contribution < -0.4 is 15.4 Å². The van der Waals surface area contributed by atoms with Gasteiger partial charge >= 0.3 is 0 Å². The number of anilines is 2. The Balaban J connectivity index is 1.40. The van der Waals surface area contributed by atoms with E-state index in [4.69, 9.17) is 4.74 Å². The van der Waals surface area contributed by atoms with E-state index in [0.29, 0.717) is 23.2 Å². The minimum atomic E-state index is -0.113. The van der Waals surface area contributed by atoms with Crippen LogP contribution in [0.1, 0.15) is 11.8 Å². The van der Waals surface area contributed by atoms with Crippen LogP contribution in [0.5, 0.6) is 5.88 Å². The quantitative estimate of drug-likeness (QED) is 0.717. The van der Waals surface area contributed by atoms with Crippen molar-refractivity contribution in [1.82, 2.24) is 19.8 Å². The maximum absolute atomic E-state index is 12.2. The monoisotopic (exact) mass is 404 g/mol. The average Bonchev–Trinajstić information content (AvgIpc) is 3.10. The second-order valence-corrected chi connectivity index (χ2v) is 7.62. The number of pyridine rings is 1. The molecule has 150 valence electrons. The highest BCUT2D eigenvalue weighted by Gasteiger charge is 2.20. The zero-order chi connectivity index (χ0) is 19.9. The van der Waals surface area contributed by atoms with Gasteiger partial charge in [0.1, 0.15) is 0 Å². The van der Waals surface area contributed by atoms with Crippen molar-refractivity contribution in [3.05, 3.63) is 29.4 Å². The Morgan fingerprint density at radius 2 is 1.86 bits per heavy atom. The van der Waals surface area contributed by atoms with Crippen LogP contribution >= 0.6 is 11.3 Å². The second-order valence-electron chi connectivity index (χ2n) is 6.50. The lowest BCUT2D eigenvalue weighted by Gasteiger charge is -2.33. The lowest BCUT2D eigenvalue weighted by Crippen LogP contribution is -2.48. The average molecular weight is 404 g/mol. The van der Waals surface area contributed by atoms with Gasteiger partial charge in [-0.3, -0.25) is 19.4 Å². The smallest absolute Gasteiger partial charge is 0.238 e. The van der Waals surface area contributed by atoms with Crippen LogP contribution in [0.25, 0.3) is 0 Å². The van der Waals surface area contributed by atoms with E-state index in [-0.39, 0.29) is 11.8 Å². The largest absolute Gasteiger partial charge is 0.481 e. The van der Waals surface area contributed by atoms with Crippen LogP contribution in [0, 0.1) is 0 Å². The molecule has 0 unspecified atom stereocenters. The van der Waals surface area contributed by atoms with E-state index in [0.717, 1.165) is 37.6 Å². The van der Waals surface area contributed by atoms with Gasteiger partial charge in [0, 0.05) is 56.8 Å². The number of nitrogens with one attached hydrogen (secondary N) is 2. The van der Waals surface area contributed by atoms with Crippen LogP contribution in [-0.4, -0.2) is 71.4 Å². The second kappa shape index (κ2) is 9.58. The lowest BCUT2D eigenvalue weighted by atomic mass is 10.3. The van der Waals surface area contributed by atoms with Gasteiger partial charge in [0.05, 0.1) is 25.5 Å². The third kappa shape index (κ3) is 5.98. The number of piperazine rings is 1. The van der Waals surface area contributed by atoms with E-state index in [1.807, 2.05) is 0 Å². The summed E-state index contributed by atoms with van der Waals surface area (Å²) in [6.45, 7) is 6.04. The molecular weight excluding hydrogens is 380 g/mol. The standard InChI is InChI=1S/C18H24N6O3S/c1-13(25)21-18-20-10-15(28-18)11-23-5-7-24(8-6-23)12-16(26)22-14-3-4-17(27-2)19-9-14/h3-4,9-10H,5-8,11-12H2,1-2H3,(H,22,26)(H,20,21,25). The molecule has 0 atom stereocenters. The summed E-state index contributed by atoms with van der Waals surface area (Å²) in [7, 11) is 1.55. The van der Waals surface area contributed by atoms with Crippen molar-refractivity contribution in [3.8, 4) is 5.88 Å². The molecule has 3 rings (SSSR count). The van der Waals surface area contributed by atoms with E-state index in [1.165, 1.54) is 18.3 Å². The van der Waals surface area contributed by atoms with Crippen LogP contribution in [0.2, 0.25) is 0 Å². The van der Waals surface area contributed by atoms with Crippen LogP contribution in [0.4, 0.5) is 10.8 Å². The molecule has 1 aliphatic rings. The van der Waals surface area contributed by atoms with Gasteiger partial charge < -0.3 is 15.4 Å². The number of methoxy groups -OCH3 is 1. The molecule has 2 amide bonds. The molecule has 0 saturated carbocycles. The summed E-state index contributed by atoms with van der Waals surface area (Å²) in [6.07, 6.45) is 3.39. The molecular formula is C18H24N6O3S. The van der Waals surface area contributed by atoms with Gasteiger partial charge in [0.15, 0.2) is 5.13 Å². The molecule has 9 nitrogen and oxygen atoms in total. The summed E-state index contributed by atoms with van der Waals surface area (Å²) >= 11 is 1.49. The third-order valence-corrected chi connectivity index (χ3v) is 5.17. The molecule has 28 heavy (non-hydrogen) atoms. The molecule has 1 aliphatic heterocycles. The van der Waals surface area contributed by atoms with E-state index < -0.39 is 0 Å². The highest BCUT2D eigenvalue weighted by atomic mass is 32.1. The Hall–Kier alpha value is -2.56. The van der Waals surface area contributed by atoms with Crippen molar-refractivity contribution in [2.24, 2.45) is 0 Å². The molecule has 2 aromatic rings. The molecule has 1 saturated heterocycles. The summed E-state index contributed by atoms with van der Waals surface area (Å²) in [4.78, 5) is 37.2. The predicted octanol–water partition coefficient (Wildman–Crippen LogP) is 1.26. The number of hydrogen-bond acceptors (Lipinski definition) is 8. The van der Waals surface area contributed by atoms with Gasteiger partial charge in [-0.2, -0.15) is 0 Å². The zero-order valence-electron chi connectivity index (χ0n) is 16.0. The Morgan fingerprint density at radius 1 is 1.11 bits per heavy atom. The molecule has 0 spiro atoms. The van der Waals surface area contributed by atoms with Crippen molar-refractivity contribution >= 4 is 34.0 Å². The summed E-state index contributed by atoms with van der Waals surface area (Å²) in [5, 5.41) is 6.19. The minimum Gasteiger partial charge on any atom is -0.481 e.